The Hall–Kier alpha value is -3.12. The average Bonchev–Trinajstić information content (AvgIpc) is 3.53. The number of hydrogen-bond acceptors (Lipinski definition) is 6. The van der Waals surface area contributed by atoms with Gasteiger partial charge in [0.2, 0.25) is 5.91 Å². The van der Waals surface area contributed by atoms with Crippen LogP contribution in [0.1, 0.15) is 42.6 Å². The van der Waals surface area contributed by atoms with E-state index < -0.39 is 67.9 Å². The molecule has 0 spiro atoms. The van der Waals surface area contributed by atoms with Crippen molar-refractivity contribution in [2.45, 2.75) is 58.0 Å². The number of aromatic nitrogens is 1. The molecule has 3 aromatic rings. The molecule has 0 bridgehead atoms. The van der Waals surface area contributed by atoms with Crippen molar-refractivity contribution in [3.8, 4) is 0 Å². The average molecular weight is 663 g/mol. The molecule has 0 radical (unpaired) electrons. The predicted octanol–water partition coefficient (Wildman–Crippen LogP) is 6.21. The molecular formula is C29H29ClF5N2O6P. The Morgan fingerprint density at radius 2 is 1.77 bits per heavy atom. The molecule has 1 aliphatic heterocycles. The van der Waals surface area contributed by atoms with Crippen LogP contribution in [-0.2, 0) is 36.2 Å². The molecule has 15 heteroatoms. The molecule has 2 heterocycles. The number of halogens is 6. The van der Waals surface area contributed by atoms with Crippen molar-refractivity contribution >= 4 is 52.9 Å². The fourth-order valence-electron chi connectivity index (χ4n) is 5.21. The fourth-order valence-corrected chi connectivity index (χ4v) is 6.99. The Labute approximate surface area is 254 Å². The number of nitrogens with zero attached hydrogens (tertiary/aromatic N) is 2. The SMILES string of the molecule is CCOP(=O)(OCC)c1ccc2c(C(=O)C(F)(F)F)cn(CC(=O)N3C[C@H](F)C[C@H]3C(=O)CCc3cccc(Cl)c3F)c2c1. The molecule has 0 aliphatic carbocycles. The van der Waals surface area contributed by atoms with Gasteiger partial charge in [0.1, 0.15) is 18.5 Å². The van der Waals surface area contributed by atoms with E-state index in [1.54, 1.807) is 13.8 Å². The molecule has 1 saturated heterocycles. The van der Waals surface area contributed by atoms with Gasteiger partial charge in [-0.1, -0.05) is 29.8 Å². The number of aryl methyl sites for hydroxylation is 1. The summed E-state index contributed by atoms with van der Waals surface area (Å²) in [5, 5.41) is -0.317. The first-order chi connectivity index (χ1) is 20.7. The lowest BCUT2D eigenvalue weighted by molar-refractivity contribution is -0.138. The van der Waals surface area contributed by atoms with E-state index in [1.165, 1.54) is 30.3 Å². The van der Waals surface area contributed by atoms with Crippen molar-refractivity contribution in [1.82, 2.24) is 9.47 Å². The van der Waals surface area contributed by atoms with Crippen LogP contribution in [0.2, 0.25) is 5.02 Å². The van der Waals surface area contributed by atoms with Crippen LogP contribution in [0.4, 0.5) is 22.0 Å². The second kappa shape index (κ2) is 13.5. The first-order valence-corrected chi connectivity index (χ1v) is 15.6. The summed E-state index contributed by atoms with van der Waals surface area (Å²) < 4.78 is 94.2. The van der Waals surface area contributed by atoms with E-state index >= 15 is 0 Å². The Morgan fingerprint density at radius 3 is 2.41 bits per heavy atom. The zero-order chi connectivity index (χ0) is 32.4. The summed E-state index contributed by atoms with van der Waals surface area (Å²) in [6.07, 6.45) is -6.50. The fraction of sp³-hybridized carbons (Fsp3) is 0.414. The highest BCUT2D eigenvalue weighted by molar-refractivity contribution is 7.62. The molecule has 4 rings (SSSR count). The molecule has 8 nitrogen and oxygen atoms in total. The third-order valence-corrected chi connectivity index (χ3v) is 9.60. The molecular weight excluding hydrogens is 634 g/mol. The standard InChI is InChI=1S/C29H29ClF5N2O6P/c1-3-42-44(41,43-4-2)19-9-10-20-21(28(40)29(33,34)35)15-36(23(20)13-19)16-26(39)37-14-18(31)12-24(37)25(38)11-8-17-6-5-7-22(30)27(17)32/h5-7,9-10,13,15,18,24H,3-4,8,11-12,14,16H2,1-2H3/t18-,24+/m1/s1. The molecule has 0 unspecified atom stereocenters. The topological polar surface area (TPSA) is 94.9 Å². The van der Waals surface area contributed by atoms with Gasteiger partial charge in [0.25, 0.3) is 5.78 Å². The van der Waals surface area contributed by atoms with Gasteiger partial charge in [-0.05, 0) is 44.0 Å². The minimum Gasteiger partial charge on any atom is -0.337 e. The van der Waals surface area contributed by atoms with Gasteiger partial charge in [0, 0.05) is 24.4 Å². The highest BCUT2D eigenvalue weighted by Gasteiger charge is 2.42. The number of alkyl halides is 4. The van der Waals surface area contributed by atoms with Crippen LogP contribution in [0, 0.1) is 5.82 Å². The van der Waals surface area contributed by atoms with Gasteiger partial charge in [-0.3, -0.25) is 18.9 Å². The molecule has 0 saturated carbocycles. The van der Waals surface area contributed by atoms with E-state index in [4.69, 9.17) is 20.6 Å². The maximum absolute atomic E-state index is 14.5. The molecule has 44 heavy (non-hydrogen) atoms. The van der Waals surface area contributed by atoms with E-state index in [0.717, 1.165) is 21.7 Å². The normalized spacial score (nSPS) is 17.4. The second-order valence-electron chi connectivity index (χ2n) is 10.1. The first kappa shape index (κ1) is 33.8. The molecule has 1 amide bonds. The highest BCUT2D eigenvalue weighted by atomic mass is 35.5. The molecule has 1 fully saturated rings. The maximum Gasteiger partial charge on any atom is 0.454 e. The first-order valence-electron chi connectivity index (χ1n) is 13.7. The molecule has 1 aliphatic rings. The molecule has 2 aromatic carbocycles. The molecule has 1 aromatic heterocycles. The smallest absolute Gasteiger partial charge is 0.337 e. The summed E-state index contributed by atoms with van der Waals surface area (Å²) in [6, 6.07) is 6.71. The summed E-state index contributed by atoms with van der Waals surface area (Å²) in [5.74, 6) is -4.18. The lowest BCUT2D eigenvalue weighted by Gasteiger charge is -2.24. The van der Waals surface area contributed by atoms with Crippen LogP contribution in [0.5, 0.6) is 0 Å². The van der Waals surface area contributed by atoms with Crippen LogP contribution in [0.15, 0.2) is 42.6 Å². The predicted molar refractivity (Wildman–Crippen MR) is 153 cm³/mol. The van der Waals surface area contributed by atoms with Crippen LogP contribution < -0.4 is 5.30 Å². The molecule has 2 atom stereocenters. The van der Waals surface area contributed by atoms with Crippen molar-refractivity contribution in [3.05, 3.63) is 64.6 Å². The van der Waals surface area contributed by atoms with E-state index in [2.05, 4.69) is 0 Å². The van der Waals surface area contributed by atoms with Gasteiger partial charge in [-0.2, -0.15) is 13.2 Å². The van der Waals surface area contributed by atoms with Gasteiger partial charge in [-0.15, -0.1) is 0 Å². The van der Waals surface area contributed by atoms with Gasteiger partial charge in [-0.25, -0.2) is 8.78 Å². The minimum atomic E-state index is -5.23. The van der Waals surface area contributed by atoms with Gasteiger partial charge < -0.3 is 18.5 Å². The number of ketones is 2. The number of rotatable bonds is 12. The number of amides is 1. The van der Waals surface area contributed by atoms with Crippen molar-refractivity contribution < 1.29 is 49.9 Å². The minimum absolute atomic E-state index is 0.00858. The summed E-state index contributed by atoms with van der Waals surface area (Å²) in [5.41, 5.74) is -0.639. The second-order valence-corrected chi connectivity index (χ2v) is 12.5. The lowest BCUT2D eigenvalue weighted by Crippen LogP contribution is -2.42. The summed E-state index contributed by atoms with van der Waals surface area (Å²) in [6.45, 7) is 2.02. The van der Waals surface area contributed by atoms with Crippen LogP contribution in [-0.4, -0.2) is 65.1 Å². The van der Waals surface area contributed by atoms with Crippen molar-refractivity contribution in [2.75, 3.05) is 19.8 Å². The number of carbonyl (C=O) groups excluding carboxylic acids is 3. The van der Waals surface area contributed by atoms with Crippen molar-refractivity contribution in [1.29, 1.82) is 0 Å². The van der Waals surface area contributed by atoms with Crippen molar-refractivity contribution in [2.24, 2.45) is 0 Å². The summed E-state index contributed by atoms with van der Waals surface area (Å²) >= 11 is 5.79. The Kier molecular flexibility index (Phi) is 10.3. The van der Waals surface area contributed by atoms with Crippen LogP contribution in [0.3, 0.4) is 0 Å². The van der Waals surface area contributed by atoms with Crippen LogP contribution >= 0.6 is 19.2 Å². The lowest BCUT2D eigenvalue weighted by atomic mass is 10.0. The third-order valence-electron chi connectivity index (χ3n) is 7.20. The Morgan fingerprint density at radius 1 is 1.09 bits per heavy atom. The number of carbonyl (C=O) groups is 3. The quantitative estimate of drug-likeness (QED) is 0.130. The van der Waals surface area contributed by atoms with Gasteiger partial charge in [0.15, 0.2) is 5.78 Å². The monoisotopic (exact) mass is 662 g/mol. The van der Waals surface area contributed by atoms with E-state index in [0.29, 0.717) is 0 Å². The Bertz CT molecular complexity index is 1620. The highest BCUT2D eigenvalue weighted by Crippen LogP contribution is 2.47. The Balaban J connectivity index is 1.66. The number of likely N-dealkylation sites (tertiary alicyclic amines) is 1. The number of benzene rings is 2. The summed E-state index contributed by atoms with van der Waals surface area (Å²) in [4.78, 5) is 39.8. The summed E-state index contributed by atoms with van der Waals surface area (Å²) in [7, 11) is -3.91. The van der Waals surface area contributed by atoms with Gasteiger partial charge in [0.05, 0.1) is 47.2 Å². The number of hydrogen-bond donors (Lipinski definition) is 0. The molecule has 238 valence electrons. The zero-order valence-electron chi connectivity index (χ0n) is 23.7. The van der Waals surface area contributed by atoms with E-state index in [-0.39, 0.29) is 59.3 Å². The largest absolute Gasteiger partial charge is 0.454 e. The number of fused-ring (bicyclic) bond motifs is 1. The number of Topliss-reactive ketones (excluding diaryl/α,β-unsaturated/α-hetero) is 2. The van der Waals surface area contributed by atoms with E-state index in [9.17, 15) is 40.9 Å². The zero-order valence-corrected chi connectivity index (χ0v) is 25.4. The van der Waals surface area contributed by atoms with Gasteiger partial charge >= 0.3 is 13.8 Å². The van der Waals surface area contributed by atoms with E-state index in [1.807, 2.05) is 0 Å². The molecule has 0 N–H and O–H groups in total. The third kappa shape index (κ3) is 7.06. The van der Waals surface area contributed by atoms with Crippen molar-refractivity contribution in [3.63, 3.8) is 0 Å². The maximum atomic E-state index is 14.5. The van der Waals surface area contributed by atoms with Crippen LogP contribution in [0.25, 0.3) is 10.9 Å².